The Labute approximate surface area is 124 Å². The molecule has 1 N–H and O–H groups in total. The Balaban J connectivity index is 2.06. The molecule has 0 bridgehead atoms. The first-order chi connectivity index (χ1) is 9.74. The smallest absolute Gasteiger partial charge is 0.0412 e. The Bertz CT molecular complexity index is 414. The Hall–Kier alpha value is -1.02. The summed E-state index contributed by atoms with van der Waals surface area (Å²) in [6, 6.07) is 6.93. The van der Waals surface area contributed by atoms with Crippen LogP contribution >= 0.6 is 0 Å². The molecule has 112 valence electrons. The van der Waals surface area contributed by atoms with Crippen LogP contribution in [0.3, 0.4) is 0 Å². The number of anilines is 1. The van der Waals surface area contributed by atoms with E-state index in [1.54, 1.807) is 0 Å². The molecule has 2 heteroatoms. The zero-order valence-electron chi connectivity index (χ0n) is 13.4. The van der Waals surface area contributed by atoms with E-state index < -0.39 is 0 Å². The van der Waals surface area contributed by atoms with Crippen LogP contribution in [0.25, 0.3) is 0 Å². The summed E-state index contributed by atoms with van der Waals surface area (Å²) in [4.78, 5) is 2.60. The number of nitrogens with zero attached hydrogens (tertiary/aromatic N) is 1. The predicted molar refractivity (Wildman–Crippen MR) is 88.4 cm³/mol. The highest BCUT2D eigenvalue weighted by Crippen LogP contribution is 2.29. The van der Waals surface area contributed by atoms with Crippen molar-refractivity contribution in [2.75, 3.05) is 24.5 Å². The molecule has 0 saturated carbocycles. The van der Waals surface area contributed by atoms with Crippen LogP contribution < -0.4 is 10.2 Å². The molecule has 1 heterocycles. The number of nitrogens with one attached hydrogen (secondary N) is 1. The molecule has 1 saturated heterocycles. The van der Waals surface area contributed by atoms with Gasteiger partial charge >= 0.3 is 0 Å². The summed E-state index contributed by atoms with van der Waals surface area (Å²) in [7, 11) is 0. The lowest BCUT2D eigenvalue weighted by molar-refractivity contribution is 0.529. The fourth-order valence-electron chi connectivity index (χ4n) is 3.26. The molecule has 2 rings (SSSR count). The maximum atomic E-state index is 3.55. The summed E-state index contributed by atoms with van der Waals surface area (Å²) in [5, 5.41) is 3.55. The molecule has 1 aliphatic heterocycles. The molecular formula is C18H30N2. The van der Waals surface area contributed by atoms with Gasteiger partial charge < -0.3 is 10.2 Å². The maximum Gasteiger partial charge on any atom is 0.0412 e. The topological polar surface area (TPSA) is 15.3 Å². The zero-order chi connectivity index (χ0) is 14.4. The van der Waals surface area contributed by atoms with Crippen LogP contribution in [0.4, 0.5) is 5.69 Å². The van der Waals surface area contributed by atoms with Gasteiger partial charge in [0.15, 0.2) is 0 Å². The average molecular weight is 274 g/mol. The van der Waals surface area contributed by atoms with Gasteiger partial charge in [0.25, 0.3) is 0 Å². The van der Waals surface area contributed by atoms with E-state index in [1.165, 1.54) is 55.6 Å². The highest BCUT2D eigenvalue weighted by molar-refractivity contribution is 5.55. The van der Waals surface area contributed by atoms with Crippen LogP contribution in [0.15, 0.2) is 18.2 Å². The second kappa shape index (κ2) is 7.68. The van der Waals surface area contributed by atoms with E-state index in [0.717, 1.165) is 19.0 Å². The van der Waals surface area contributed by atoms with Gasteiger partial charge in [-0.15, -0.1) is 0 Å². The highest BCUT2D eigenvalue weighted by atomic mass is 15.2. The maximum absolute atomic E-state index is 3.55. The molecule has 1 aromatic rings. The Kier molecular flexibility index (Phi) is 5.90. The second-order valence-electron chi connectivity index (χ2n) is 6.20. The van der Waals surface area contributed by atoms with Crippen molar-refractivity contribution in [3.63, 3.8) is 0 Å². The molecule has 1 atom stereocenters. The summed E-state index contributed by atoms with van der Waals surface area (Å²) >= 11 is 0. The first-order valence-corrected chi connectivity index (χ1v) is 8.29. The third kappa shape index (κ3) is 3.99. The lowest BCUT2D eigenvalue weighted by Crippen LogP contribution is -2.23. The Morgan fingerprint density at radius 2 is 2.10 bits per heavy atom. The first-order valence-electron chi connectivity index (χ1n) is 8.29. The van der Waals surface area contributed by atoms with Gasteiger partial charge in [-0.3, -0.25) is 0 Å². The van der Waals surface area contributed by atoms with Crippen LogP contribution in [-0.4, -0.2) is 19.6 Å². The lowest BCUT2D eigenvalue weighted by Gasteiger charge is -2.23. The van der Waals surface area contributed by atoms with Crippen molar-refractivity contribution < 1.29 is 0 Å². The largest absolute Gasteiger partial charge is 0.371 e. The molecule has 1 aliphatic rings. The number of rotatable bonds is 7. The van der Waals surface area contributed by atoms with Gasteiger partial charge in [0, 0.05) is 25.3 Å². The SMILES string of the molecule is CCCNCc1cc(C)ccc1N1CCC(CCC)C1. The van der Waals surface area contributed by atoms with Crippen molar-refractivity contribution in [2.45, 2.75) is 53.0 Å². The number of benzene rings is 1. The van der Waals surface area contributed by atoms with Crippen molar-refractivity contribution >= 4 is 5.69 Å². The molecule has 1 unspecified atom stereocenters. The summed E-state index contributed by atoms with van der Waals surface area (Å²) in [5.74, 6) is 0.901. The molecule has 20 heavy (non-hydrogen) atoms. The summed E-state index contributed by atoms with van der Waals surface area (Å²) < 4.78 is 0. The zero-order valence-corrected chi connectivity index (χ0v) is 13.4. The van der Waals surface area contributed by atoms with Gasteiger partial charge in [-0.2, -0.15) is 0 Å². The van der Waals surface area contributed by atoms with Gasteiger partial charge in [0.1, 0.15) is 0 Å². The Morgan fingerprint density at radius 3 is 2.85 bits per heavy atom. The minimum Gasteiger partial charge on any atom is -0.371 e. The second-order valence-corrected chi connectivity index (χ2v) is 6.20. The summed E-state index contributed by atoms with van der Waals surface area (Å²) in [6.07, 6.45) is 5.26. The first kappa shape index (κ1) is 15.4. The Morgan fingerprint density at radius 1 is 1.25 bits per heavy atom. The van der Waals surface area contributed by atoms with Crippen LogP contribution in [0.5, 0.6) is 0 Å². The summed E-state index contributed by atoms with van der Waals surface area (Å²) in [6.45, 7) is 11.3. The standard InChI is InChI=1S/C18H30N2/c1-4-6-16-9-11-20(14-16)18-8-7-15(3)12-17(18)13-19-10-5-2/h7-8,12,16,19H,4-6,9-11,13-14H2,1-3H3. The molecule has 0 amide bonds. The van der Waals surface area contributed by atoms with Gasteiger partial charge in [-0.1, -0.05) is 38.0 Å². The molecule has 1 aromatic carbocycles. The van der Waals surface area contributed by atoms with Gasteiger partial charge in [0.2, 0.25) is 0 Å². The minimum absolute atomic E-state index is 0.901. The van der Waals surface area contributed by atoms with E-state index in [9.17, 15) is 0 Å². The highest BCUT2D eigenvalue weighted by Gasteiger charge is 2.23. The quantitative estimate of drug-likeness (QED) is 0.752. The van der Waals surface area contributed by atoms with Crippen LogP contribution in [0.1, 0.15) is 50.7 Å². The lowest BCUT2D eigenvalue weighted by atomic mass is 10.0. The fraction of sp³-hybridized carbons (Fsp3) is 0.667. The van der Waals surface area contributed by atoms with Crippen molar-refractivity contribution in [2.24, 2.45) is 5.92 Å². The van der Waals surface area contributed by atoms with E-state index in [1.807, 2.05) is 0 Å². The minimum atomic E-state index is 0.901. The van der Waals surface area contributed by atoms with Crippen LogP contribution in [0, 0.1) is 12.8 Å². The summed E-state index contributed by atoms with van der Waals surface area (Å²) in [5.41, 5.74) is 4.29. The van der Waals surface area contributed by atoms with Crippen molar-refractivity contribution in [1.82, 2.24) is 5.32 Å². The number of aryl methyl sites for hydroxylation is 1. The van der Waals surface area contributed by atoms with Gasteiger partial charge in [-0.25, -0.2) is 0 Å². The molecule has 2 nitrogen and oxygen atoms in total. The van der Waals surface area contributed by atoms with Crippen molar-refractivity contribution in [3.05, 3.63) is 29.3 Å². The van der Waals surface area contributed by atoms with Crippen LogP contribution in [0.2, 0.25) is 0 Å². The van der Waals surface area contributed by atoms with E-state index in [2.05, 4.69) is 49.2 Å². The van der Waals surface area contributed by atoms with E-state index in [-0.39, 0.29) is 0 Å². The van der Waals surface area contributed by atoms with E-state index in [4.69, 9.17) is 0 Å². The molecule has 0 aromatic heterocycles. The van der Waals surface area contributed by atoms with E-state index in [0.29, 0.717) is 0 Å². The van der Waals surface area contributed by atoms with Crippen molar-refractivity contribution in [3.8, 4) is 0 Å². The average Bonchev–Trinajstić information content (AvgIpc) is 2.88. The third-order valence-corrected chi connectivity index (χ3v) is 4.30. The van der Waals surface area contributed by atoms with E-state index >= 15 is 0 Å². The molecule has 0 spiro atoms. The predicted octanol–water partition coefficient (Wildman–Crippen LogP) is 4.12. The molecular weight excluding hydrogens is 244 g/mol. The number of hydrogen-bond donors (Lipinski definition) is 1. The van der Waals surface area contributed by atoms with Gasteiger partial charge in [-0.05, 0) is 50.3 Å². The normalized spacial score (nSPS) is 18.8. The molecule has 0 radical (unpaired) electrons. The third-order valence-electron chi connectivity index (χ3n) is 4.30. The number of hydrogen-bond acceptors (Lipinski definition) is 2. The van der Waals surface area contributed by atoms with Gasteiger partial charge in [0.05, 0.1) is 0 Å². The molecule has 1 fully saturated rings. The van der Waals surface area contributed by atoms with Crippen molar-refractivity contribution in [1.29, 1.82) is 0 Å². The monoisotopic (exact) mass is 274 g/mol. The van der Waals surface area contributed by atoms with Crippen LogP contribution in [-0.2, 0) is 6.54 Å². The fourth-order valence-corrected chi connectivity index (χ4v) is 3.26. The molecule has 0 aliphatic carbocycles.